The largest absolute Gasteiger partial charge is 0.497 e. The number of nitrogens with one attached hydrogen (secondary N) is 1. The standard InChI is InChI=1S/C12H17NO/c1-14-12-6-4-11(5-7-12)10-13-8-2-3-9-13/h4-7H,2-3,8-10H2,1H3/p+1. The van der Waals surface area contributed by atoms with Crippen LogP contribution in [0.15, 0.2) is 24.3 Å². The molecule has 0 spiro atoms. The zero-order chi connectivity index (χ0) is 9.80. The third kappa shape index (κ3) is 2.26. The molecule has 1 fully saturated rings. The predicted molar refractivity (Wildman–Crippen MR) is 56.6 cm³/mol. The average molecular weight is 192 g/mol. The highest BCUT2D eigenvalue weighted by atomic mass is 16.5. The zero-order valence-electron chi connectivity index (χ0n) is 8.75. The predicted octanol–water partition coefficient (Wildman–Crippen LogP) is 0.874. The van der Waals surface area contributed by atoms with Gasteiger partial charge >= 0.3 is 0 Å². The second-order valence-corrected chi connectivity index (χ2v) is 3.98. The molecule has 1 aromatic rings. The molecule has 1 heterocycles. The molecule has 2 rings (SSSR count). The quantitative estimate of drug-likeness (QED) is 0.750. The third-order valence-electron chi connectivity index (χ3n) is 2.92. The fraction of sp³-hybridized carbons (Fsp3) is 0.500. The number of hydrogen-bond donors (Lipinski definition) is 1. The molecule has 1 saturated heterocycles. The van der Waals surface area contributed by atoms with Crippen LogP contribution in [-0.4, -0.2) is 20.2 Å². The van der Waals surface area contributed by atoms with Crippen molar-refractivity contribution < 1.29 is 9.64 Å². The number of likely N-dealkylation sites (tertiary alicyclic amines) is 1. The average Bonchev–Trinajstić information content (AvgIpc) is 2.72. The van der Waals surface area contributed by atoms with Crippen LogP contribution >= 0.6 is 0 Å². The van der Waals surface area contributed by atoms with Crippen molar-refractivity contribution >= 4 is 0 Å². The molecule has 0 atom stereocenters. The van der Waals surface area contributed by atoms with Crippen molar-refractivity contribution in [1.29, 1.82) is 0 Å². The summed E-state index contributed by atoms with van der Waals surface area (Å²) < 4.78 is 5.13. The van der Waals surface area contributed by atoms with E-state index in [-0.39, 0.29) is 0 Å². The molecule has 2 heteroatoms. The van der Waals surface area contributed by atoms with E-state index in [1.54, 1.807) is 12.0 Å². The molecule has 0 unspecified atom stereocenters. The van der Waals surface area contributed by atoms with Crippen LogP contribution in [0.25, 0.3) is 0 Å². The topological polar surface area (TPSA) is 13.7 Å². The highest BCUT2D eigenvalue weighted by Crippen LogP contribution is 2.10. The minimum Gasteiger partial charge on any atom is -0.497 e. The number of quaternary nitrogens is 1. The highest BCUT2D eigenvalue weighted by molar-refractivity contribution is 5.26. The Balaban J connectivity index is 1.95. The maximum absolute atomic E-state index is 5.13. The minimum atomic E-state index is 0.949. The zero-order valence-corrected chi connectivity index (χ0v) is 8.75. The van der Waals surface area contributed by atoms with Gasteiger partial charge in [-0.3, -0.25) is 0 Å². The SMILES string of the molecule is COc1ccc(C[NH+]2CCCC2)cc1. The molecule has 14 heavy (non-hydrogen) atoms. The van der Waals surface area contributed by atoms with Crippen molar-refractivity contribution in [3.8, 4) is 5.75 Å². The summed E-state index contributed by atoms with van der Waals surface area (Å²) in [5.74, 6) is 0.949. The van der Waals surface area contributed by atoms with Crippen LogP contribution in [0.5, 0.6) is 5.75 Å². The number of hydrogen-bond acceptors (Lipinski definition) is 1. The van der Waals surface area contributed by atoms with Gasteiger partial charge in [0.2, 0.25) is 0 Å². The summed E-state index contributed by atoms with van der Waals surface area (Å²) >= 11 is 0. The molecule has 0 bridgehead atoms. The third-order valence-corrected chi connectivity index (χ3v) is 2.92. The molecule has 0 saturated carbocycles. The van der Waals surface area contributed by atoms with E-state index in [2.05, 4.69) is 12.1 Å². The van der Waals surface area contributed by atoms with Crippen molar-refractivity contribution in [3.63, 3.8) is 0 Å². The molecule has 1 aliphatic rings. The maximum atomic E-state index is 5.13. The van der Waals surface area contributed by atoms with Crippen molar-refractivity contribution in [2.45, 2.75) is 19.4 Å². The molecule has 1 aliphatic heterocycles. The van der Waals surface area contributed by atoms with E-state index in [9.17, 15) is 0 Å². The van der Waals surface area contributed by atoms with Crippen molar-refractivity contribution in [1.82, 2.24) is 0 Å². The van der Waals surface area contributed by atoms with E-state index in [0.717, 1.165) is 5.75 Å². The van der Waals surface area contributed by atoms with Crippen molar-refractivity contribution in [2.75, 3.05) is 20.2 Å². The maximum Gasteiger partial charge on any atom is 0.118 e. The number of methoxy groups -OCH3 is 1. The smallest absolute Gasteiger partial charge is 0.118 e. The van der Waals surface area contributed by atoms with Crippen LogP contribution in [0.4, 0.5) is 0 Å². The molecule has 1 aromatic carbocycles. The normalized spacial score (nSPS) is 17.2. The van der Waals surface area contributed by atoms with Gasteiger partial charge in [0.25, 0.3) is 0 Å². The van der Waals surface area contributed by atoms with Gasteiger partial charge in [0.15, 0.2) is 0 Å². The molecule has 0 aromatic heterocycles. The number of rotatable bonds is 3. The van der Waals surface area contributed by atoms with Gasteiger partial charge in [0.05, 0.1) is 20.2 Å². The van der Waals surface area contributed by atoms with E-state index in [1.807, 2.05) is 12.1 Å². The van der Waals surface area contributed by atoms with E-state index in [4.69, 9.17) is 4.74 Å². The lowest BCUT2D eigenvalue weighted by atomic mass is 10.2. The van der Waals surface area contributed by atoms with Crippen LogP contribution in [-0.2, 0) is 6.54 Å². The summed E-state index contributed by atoms with van der Waals surface area (Å²) in [5.41, 5.74) is 1.42. The van der Waals surface area contributed by atoms with Crippen LogP contribution < -0.4 is 9.64 Å². The minimum absolute atomic E-state index is 0.949. The lowest BCUT2D eigenvalue weighted by molar-refractivity contribution is -0.901. The first-order chi connectivity index (χ1) is 6.88. The summed E-state index contributed by atoms with van der Waals surface area (Å²) in [4.78, 5) is 1.72. The van der Waals surface area contributed by atoms with E-state index in [0.29, 0.717) is 0 Å². The lowest BCUT2D eigenvalue weighted by Crippen LogP contribution is -3.08. The van der Waals surface area contributed by atoms with Gasteiger partial charge in [-0.25, -0.2) is 0 Å². The molecule has 0 radical (unpaired) electrons. The summed E-state index contributed by atoms with van der Waals surface area (Å²) in [7, 11) is 1.71. The number of ether oxygens (including phenoxy) is 1. The van der Waals surface area contributed by atoms with Crippen LogP contribution in [0, 0.1) is 0 Å². The summed E-state index contributed by atoms with van der Waals surface area (Å²) in [6.45, 7) is 3.85. The van der Waals surface area contributed by atoms with Crippen LogP contribution in [0.2, 0.25) is 0 Å². The Morgan fingerprint density at radius 2 is 1.79 bits per heavy atom. The first kappa shape index (κ1) is 9.53. The summed E-state index contributed by atoms with van der Waals surface area (Å²) in [6, 6.07) is 8.43. The molecule has 76 valence electrons. The Labute approximate surface area is 85.5 Å². The molecule has 2 nitrogen and oxygen atoms in total. The summed E-state index contributed by atoms with van der Waals surface area (Å²) in [6.07, 6.45) is 2.79. The highest BCUT2D eigenvalue weighted by Gasteiger charge is 2.15. The summed E-state index contributed by atoms with van der Waals surface area (Å²) in [5, 5.41) is 0. The van der Waals surface area contributed by atoms with Gasteiger partial charge in [-0.2, -0.15) is 0 Å². The lowest BCUT2D eigenvalue weighted by Gasteiger charge is -2.11. The van der Waals surface area contributed by atoms with Crippen LogP contribution in [0.3, 0.4) is 0 Å². The van der Waals surface area contributed by atoms with E-state index in [1.165, 1.54) is 38.0 Å². The molecule has 0 amide bonds. The van der Waals surface area contributed by atoms with Crippen LogP contribution in [0.1, 0.15) is 18.4 Å². The first-order valence-electron chi connectivity index (χ1n) is 5.35. The van der Waals surface area contributed by atoms with Gasteiger partial charge in [-0.05, 0) is 24.3 Å². The second kappa shape index (κ2) is 4.47. The second-order valence-electron chi connectivity index (χ2n) is 3.98. The van der Waals surface area contributed by atoms with E-state index >= 15 is 0 Å². The fourth-order valence-corrected chi connectivity index (χ4v) is 2.08. The van der Waals surface area contributed by atoms with Gasteiger partial charge < -0.3 is 9.64 Å². The van der Waals surface area contributed by atoms with E-state index < -0.39 is 0 Å². The van der Waals surface area contributed by atoms with Crippen molar-refractivity contribution in [2.24, 2.45) is 0 Å². The Kier molecular flexibility index (Phi) is 3.04. The Hall–Kier alpha value is -1.02. The Morgan fingerprint density at radius 3 is 2.36 bits per heavy atom. The molecule has 1 N–H and O–H groups in total. The van der Waals surface area contributed by atoms with Gasteiger partial charge in [-0.15, -0.1) is 0 Å². The van der Waals surface area contributed by atoms with Crippen molar-refractivity contribution in [3.05, 3.63) is 29.8 Å². The fourth-order valence-electron chi connectivity index (χ4n) is 2.08. The van der Waals surface area contributed by atoms with Gasteiger partial charge in [0, 0.05) is 18.4 Å². The monoisotopic (exact) mass is 192 g/mol. The Bertz CT molecular complexity index is 275. The van der Waals surface area contributed by atoms with Gasteiger partial charge in [-0.1, -0.05) is 0 Å². The molecular weight excluding hydrogens is 174 g/mol. The number of benzene rings is 1. The first-order valence-corrected chi connectivity index (χ1v) is 5.35. The Morgan fingerprint density at radius 1 is 1.14 bits per heavy atom. The van der Waals surface area contributed by atoms with Gasteiger partial charge in [0.1, 0.15) is 12.3 Å². The molecular formula is C12H18NO+. The molecule has 0 aliphatic carbocycles.